The van der Waals surface area contributed by atoms with Crippen molar-refractivity contribution in [1.29, 1.82) is 0 Å². The quantitative estimate of drug-likeness (QED) is 0.176. The van der Waals surface area contributed by atoms with Crippen LogP contribution in [-0.2, 0) is 26.4 Å². The molecule has 17 heteroatoms. The molecule has 0 radical (unpaired) electrons. The normalized spacial score (nSPS) is 21.1. The van der Waals surface area contributed by atoms with Crippen LogP contribution in [0, 0.1) is 25.6 Å². The average molecular weight is 874 g/mol. The van der Waals surface area contributed by atoms with Crippen LogP contribution < -0.4 is 11.4 Å². The van der Waals surface area contributed by atoms with Crippen molar-refractivity contribution >= 4 is 26.5 Å². The Morgan fingerprint density at radius 2 is 1.67 bits per heavy atom. The van der Waals surface area contributed by atoms with E-state index in [0.717, 1.165) is 23.7 Å². The van der Waals surface area contributed by atoms with Crippen molar-refractivity contribution in [2.45, 2.75) is 75.8 Å². The number of aromatic amines is 1. The number of fused-ring (bicyclic) bond motifs is 2. The number of ether oxygens (including phenoxy) is 1. The predicted molar refractivity (Wildman–Crippen MR) is 234 cm³/mol. The van der Waals surface area contributed by atoms with Gasteiger partial charge in [-0.2, -0.15) is 5.10 Å². The molecular weight excluding hydrogens is 826 g/mol. The molecule has 4 atom stereocenters. The largest absolute Gasteiger partial charge is 0.438 e. The standard InChI is InChI=1S/C46H48FN9O6S/c1-26-21-34(22-27(2)40(26)47)56-41(54-18-17-53(45(54)59)33-8-10-35(11-9-33)63(6,60)48-5)39-29(4)52(16-13-36(39)50-56)42(57)38-24-32-23-31(30-14-19-61-20-15-30)7-12-37(32)55(38)46(25-28(46)3)43-49-44(58)62-51-43/h7-12,17-18,21-24,28-30H,13-16,19-20,25H2,1-6H3,(H,49,51,58)/t28-,29-,46-,63-/m0/s1. The van der Waals surface area contributed by atoms with Gasteiger partial charge in [0.2, 0.25) is 0 Å². The van der Waals surface area contributed by atoms with E-state index in [4.69, 9.17) is 14.4 Å². The second-order valence-corrected chi connectivity index (χ2v) is 19.7. The highest BCUT2D eigenvalue weighted by Crippen LogP contribution is 2.56. The minimum Gasteiger partial charge on any atom is -0.381 e. The molecule has 1 aliphatic carbocycles. The highest BCUT2D eigenvalue weighted by atomic mass is 32.2. The summed E-state index contributed by atoms with van der Waals surface area (Å²) in [6.45, 7) is 9.12. The number of amides is 1. The van der Waals surface area contributed by atoms with Gasteiger partial charge in [0.15, 0.2) is 5.82 Å². The van der Waals surface area contributed by atoms with Gasteiger partial charge in [-0.3, -0.25) is 23.4 Å². The highest BCUT2D eigenvalue weighted by Gasteiger charge is 2.59. The van der Waals surface area contributed by atoms with Crippen molar-refractivity contribution in [2.75, 3.05) is 33.1 Å². The number of hydrogen-bond donors (Lipinski definition) is 1. The van der Waals surface area contributed by atoms with Crippen LogP contribution in [0.2, 0.25) is 0 Å². The van der Waals surface area contributed by atoms with Crippen LogP contribution in [-0.4, -0.2) is 81.7 Å². The van der Waals surface area contributed by atoms with Crippen molar-refractivity contribution in [2.24, 2.45) is 10.3 Å². The summed E-state index contributed by atoms with van der Waals surface area (Å²) in [4.78, 5) is 47.6. The molecule has 4 aromatic heterocycles. The summed E-state index contributed by atoms with van der Waals surface area (Å²) in [5.74, 6) is -0.0738. The van der Waals surface area contributed by atoms with Gasteiger partial charge in [0.1, 0.15) is 22.9 Å². The maximum absolute atomic E-state index is 15.4. The van der Waals surface area contributed by atoms with E-state index in [-0.39, 0.29) is 17.6 Å². The summed E-state index contributed by atoms with van der Waals surface area (Å²) in [7, 11) is -1.07. The van der Waals surface area contributed by atoms with E-state index in [1.165, 1.54) is 21.7 Å². The van der Waals surface area contributed by atoms with Gasteiger partial charge in [0.25, 0.3) is 5.91 Å². The van der Waals surface area contributed by atoms with Crippen LogP contribution in [0.1, 0.15) is 89.3 Å². The Kier molecular flexibility index (Phi) is 9.63. The van der Waals surface area contributed by atoms with E-state index in [9.17, 15) is 13.8 Å². The molecule has 0 spiro atoms. The zero-order valence-electron chi connectivity index (χ0n) is 35.9. The summed E-state index contributed by atoms with van der Waals surface area (Å²) in [5.41, 5.74) is 4.60. The Balaban J connectivity index is 1.11. The number of carbonyl (C=O) groups is 1. The minimum atomic E-state index is -2.59. The van der Waals surface area contributed by atoms with Crippen LogP contribution in [0.25, 0.3) is 28.1 Å². The summed E-state index contributed by atoms with van der Waals surface area (Å²) in [6, 6.07) is 18.0. The number of imidazole rings is 1. The smallest absolute Gasteiger partial charge is 0.381 e. The third kappa shape index (κ3) is 6.45. The number of nitrogens with zero attached hydrogens (tertiary/aromatic N) is 8. The molecule has 326 valence electrons. The monoisotopic (exact) mass is 873 g/mol. The summed E-state index contributed by atoms with van der Waals surface area (Å²) < 4.78 is 49.5. The van der Waals surface area contributed by atoms with Gasteiger partial charge in [0, 0.05) is 73.2 Å². The second kappa shape index (κ2) is 14.9. The molecule has 1 N–H and O–H groups in total. The highest BCUT2D eigenvalue weighted by molar-refractivity contribution is 7.93. The first-order valence-electron chi connectivity index (χ1n) is 21.2. The van der Waals surface area contributed by atoms with E-state index in [2.05, 4.69) is 39.6 Å². The number of aryl methyl sites for hydroxylation is 2. The molecule has 63 heavy (non-hydrogen) atoms. The lowest BCUT2D eigenvalue weighted by Gasteiger charge is -2.34. The summed E-state index contributed by atoms with van der Waals surface area (Å²) in [6.07, 6.45) is 7.72. The molecule has 0 unspecified atom stereocenters. The lowest BCUT2D eigenvalue weighted by Crippen LogP contribution is -2.41. The van der Waals surface area contributed by atoms with Gasteiger partial charge >= 0.3 is 11.4 Å². The van der Waals surface area contributed by atoms with Crippen molar-refractivity contribution in [1.82, 2.24) is 38.5 Å². The maximum atomic E-state index is 15.4. The Morgan fingerprint density at radius 3 is 2.32 bits per heavy atom. The molecule has 15 nitrogen and oxygen atoms in total. The fourth-order valence-corrected chi connectivity index (χ4v) is 10.8. The number of benzene rings is 3. The Hall–Kier alpha value is -6.33. The molecular formula is C46H48FN9O6S. The molecule has 3 aromatic carbocycles. The third-order valence-corrected chi connectivity index (χ3v) is 15.4. The first-order valence-corrected chi connectivity index (χ1v) is 23.1. The second-order valence-electron chi connectivity index (χ2n) is 17.3. The molecule has 1 amide bonds. The van der Waals surface area contributed by atoms with Crippen LogP contribution in [0.3, 0.4) is 0 Å². The molecule has 2 fully saturated rings. The number of nitrogens with one attached hydrogen (secondary N) is 1. The Bertz CT molecular complexity index is 3210. The van der Waals surface area contributed by atoms with Crippen molar-refractivity contribution in [3.05, 3.63) is 139 Å². The molecule has 7 aromatic rings. The fourth-order valence-electron chi connectivity index (χ4n) is 9.91. The van der Waals surface area contributed by atoms with E-state index < -0.39 is 32.8 Å². The minimum absolute atomic E-state index is 0.0215. The first kappa shape index (κ1) is 40.7. The van der Waals surface area contributed by atoms with Crippen molar-refractivity contribution in [3.8, 4) is 17.2 Å². The van der Waals surface area contributed by atoms with Gasteiger partial charge in [-0.15, -0.1) is 0 Å². The zero-order valence-corrected chi connectivity index (χ0v) is 36.7. The molecule has 10 rings (SSSR count). The van der Waals surface area contributed by atoms with Gasteiger partial charge < -0.3 is 14.2 Å². The predicted octanol–water partition coefficient (Wildman–Crippen LogP) is 6.72. The van der Waals surface area contributed by atoms with Crippen LogP contribution >= 0.6 is 0 Å². The number of carbonyl (C=O) groups excluding carboxylic acids is 1. The van der Waals surface area contributed by atoms with E-state index >= 15 is 9.18 Å². The van der Waals surface area contributed by atoms with E-state index in [0.29, 0.717) is 94.5 Å². The third-order valence-electron chi connectivity index (χ3n) is 13.5. The SMILES string of the molecule is CN=[S@@](C)(=O)c1ccc(-n2ccn(-c3c4c(nn3-c3cc(C)c(F)c(C)c3)CCN(C(=O)c3cc5cc(C6CCOCC6)ccc5n3[C@@]3(c5noc(=O)[nH]5)C[C@@H]3C)[C@H]4C)c2=O)cc1. The average Bonchev–Trinajstić information content (AvgIpc) is 3.78. The summed E-state index contributed by atoms with van der Waals surface area (Å²) in [5, 5.41) is 10.2. The van der Waals surface area contributed by atoms with Gasteiger partial charge in [-0.25, -0.2) is 27.2 Å². The molecule has 1 saturated carbocycles. The Morgan fingerprint density at radius 1 is 0.968 bits per heavy atom. The Labute approximate surface area is 362 Å². The van der Waals surface area contributed by atoms with Gasteiger partial charge in [-0.1, -0.05) is 18.1 Å². The molecule has 0 bridgehead atoms. The van der Waals surface area contributed by atoms with Crippen molar-refractivity contribution < 1.29 is 22.7 Å². The molecule has 2 aliphatic heterocycles. The van der Waals surface area contributed by atoms with Crippen LogP contribution in [0.15, 0.2) is 96.4 Å². The summed E-state index contributed by atoms with van der Waals surface area (Å²) >= 11 is 0. The lowest BCUT2D eigenvalue weighted by molar-refractivity contribution is 0.0663. The van der Waals surface area contributed by atoms with Gasteiger partial charge in [0.05, 0.1) is 32.8 Å². The fraction of sp³-hybridized carbons (Fsp3) is 0.370. The topological polar surface area (TPSA) is 168 Å². The maximum Gasteiger partial charge on any atom is 0.438 e. The number of hydrogen-bond acceptors (Lipinski definition) is 9. The number of H-pyrrole nitrogens is 1. The number of rotatable bonds is 8. The van der Waals surface area contributed by atoms with E-state index in [1.807, 2.05) is 22.5 Å². The molecule has 3 aliphatic rings. The van der Waals surface area contributed by atoms with Gasteiger partial charge in [-0.05, 0) is 123 Å². The van der Waals surface area contributed by atoms with Crippen molar-refractivity contribution in [3.63, 3.8) is 0 Å². The van der Waals surface area contributed by atoms with Crippen LogP contribution in [0.4, 0.5) is 4.39 Å². The number of aromatic nitrogens is 7. The molecule has 6 heterocycles. The lowest BCUT2D eigenvalue weighted by atomic mass is 9.91. The molecule has 1 saturated heterocycles. The first-order chi connectivity index (χ1) is 30.2. The van der Waals surface area contributed by atoms with E-state index in [1.54, 1.807) is 73.6 Å². The zero-order chi connectivity index (χ0) is 44.1. The number of halogens is 1. The van der Waals surface area contributed by atoms with Crippen LogP contribution in [0.5, 0.6) is 0 Å².